The van der Waals surface area contributed by atoms with Gasteiger partial charge in [-0.3, -0.25) is 9.59 Å². The summed E-state index contributed by atoms with van der Waals surface area (Å²) < 4.78 is 0. The van der Waals surface area contributed by atoms with Crippen molar-refractivity contribution in [2.45, 2.75) is 46.6 Å². The van der Waals surface area contributed by atoms with Gasteiger partial charge >= 0.3 is 5.97 Å². The van der Waals surface area contributed by atoms with Crippen LogP contribution >= 0.6 is 0 Å². The highest BCUT2D eigenvalue weighted by Crippen LogP contribution is 2.38. The first-order valence-corrected chi connectivity index (χ1v) is 7.04. The molecule has 5 heteroatoms. The van der Waals surface area contributed by atoms with Gasteiger partial charge in [0.1, 0.15) is 0 Å². The zero-order valence-electron chi connectivity index (χ0n) is 12.3. The molecule has 1 aliphatic rings. The van der Waals surface area contributed by atoms with Crippen LogP contribution in [0.1, 0.15) is 40.5 Å². The maximum Gasteiger partial charge on any atom is 0.311 e. The molecule has 19 heavy (non-hydrogen) atoms. The molecular weight excluding hydrogens is 244 g/mol. The summed E-state index contributed by atoms with van der Waals surface area (Å²) in [5, 5.41) is 9.46. The first kappa shape index (κ1) is 16.0. The molecule has 0 aromatic carbocycles. The van der Waals surface area contributed by atoms with Crippen LogP contribution in [0.25, 0.3) is 0 Å². The molecule has 5 nitrogen and oxygen atoms in total. The van der Waals surface area contributed by atoms with E-state index in [1.807, 2.05) is 27.7 Å². The Bertz CT molecular complexity index is 357. The number of carbonyl (C=O) groups is 2. The van der Waals surface area contributed by atoms with E-state index < -0.39 is 17.4 Å². The van der Waals surface area contributed by atoms with Gasteiger partial charge in [-0.1, -0.05) is 34.1 Å². The number of carboxylic acid groups (broad SMARTS) is 1. The quantitative estimate of drug-likeness (QED) is 0.789. The molecule has 0 radical (unpaired) electrons. The zero-order chi connectivity index (χ0) is 14.8. The van der Waals surface area contributed by atoms with Crippen molar-refractivity contribution in [2.24, 2.45) is 23.0 Å². The third-order valence-corrected chi connectivity index (χ3v) is 4.69. The summed E-state index contributed by atoms with van der Waals surface area (Å²) in [6.07, 6.45) is 1.36. The van der Waals surface area contributed by atoms with Gasteiger partial charge in [-0.05, 0) is 18.3 Å². The molecule has 3 atom stereocenters. The number of nitrogens with two attached hydrogens (primary N) is 1. The third-order valence-electron chi connectivity index (χ3n) is 4.69. The number of nitrogens with zero attached hydrogens (tertiary/aromatic N) is 1. The Balaban J connectivity index is 2.80. The molecule has 1 rings (SSSR count). The summed E-state index contributed by atoms with van der Waals surface area (Å²) in [7, 11) is 0. The number of likely N-dealkylation sites (tertiary alicyclic amines) is 1. The highest BCUT2D eigenvalue weighted by atomic mass is 16.4. The summed E-state index contributed by atoms with van der Waals surface area (Å²) in [6, 6.07) is -0.526. The summed E-state index contributed by atoms with van der Waals surface area (Å²) in [5.74, 6) is -0.804. The fraction of sp³-hybridized carbons (Fsp3) is 0.857. The minimum Gasteiger partial charge on any atom is -0.481 e. The van der Waals surface area contributed by atoms with Gasteiger partial charge < -0.3 is 15.7 Å². The molecular formula is C14H26N2O3. The molecule has 110 valence electrons. The predicted octanol–water partition coefficient (Wildman–Crippen LogP) is 1.32. The number of amides is 1. The van der Waals surface area contributed by atoms with Gasteiger partial charge in [0.2, 0.25) is 5.91 Å². The van der Waals surface area contributed by atoms with Crippen LogP contribution < -0.4 is 5.73 Å². The Morgan fingerprint density at radius 1 is 1.37 bits per heavy atom. The van der Waals surface area contributed by atoms with E-state index in [0.717, 1.165) is 6.42 Å². The van der Waals surface area contributed by atoms with Crippen LogP contribution in [0.5, 0.6) is 0 Å². The van der Waals surface area contributed by atoms with Gasteiger partial charge in [0, 0.05) is 13.1 Å². The van der Waals surface area contributed by atoms with E-state index in [9.17, 15) is 14.7 Å². The predicted molar refractivity (Wildman–Crippen MR) is 73.5 cm³/mol. The number of hydrogen-bond donors (Lipinski definition) is 2. The van der Waals surface area contributed by atoms with E-state index in [0.29, 0.717) is 13.0 Å². The average Bonchev–Trinajstić information content (AvgIpc) is 2.82. The number of carboxylic acids is 1. The van der Waals surface area contributed by atoms with Crippen LogP contribution in [0.2, 0.25) is 0 Å². The van der Waals surface area contributed by atoms with E-state index >= 15 is 0 Å². The van der Waals surface area contributed by atoms with Crippen molar-refractivity contribution < 1.29 is 14.7 Å². The lowest BCUT2D eigenvalue weighted by molar-refractivity contribution is -0.151. The molecule has 3 N–H and O–H groups in total. The van der Waals surface area contributed by atoms with E-state index in [1.54, 1.807) is 4.90 Å². The smallest absolute Gasteiger partial charge is 0.311 e. The van der Waals surface area contributed by atoms with Crippen molar-refractivity contribution in [3.05, 3.63) is 0 Å². The fourth-order valence-electron chi connectivity index (χ4n) is 2.62. The number of carbonyl (C=O) groups excluding carboxylic acids is 1. The lowest BCUT2D eigenvalue weighted by Gasteiger charge is -2.30. The molecule has 1 fully saturated rings. The van der Waals surface area contributed by atoms with Gasteiger partial charge in [-0.15, -0.1) is 0 Å². The van der Waals surface area contributed by atoms with Crippen molar-refractivity contribution in [1.82, 2.24) is 4.90 Å². The summed E-state index contributed by atoms with van der Waals surface area (Å²) in [5.41, 5.74) is 5.14. The standard InChI is InChI=1S/C14H26N2O3/c1-5-10(4)11(15)12(17)16-7-6-14(8-16,9(2)3)13(18)19/h9-11H,5-8,15H2,1-4H3,(H,18,19)/t10?,11-,14?/m0/s1. The number of hydrogen-bond acceptors (Lipinski definition) is 3. The van der Waals surface area contributed by atoms with Gasteiger partial charge in [-0.2, -0.15) is 0 Å². The summed E-state index contributed by atoms with van der Waals surface area (Å²) in [6.45, 7) is 8.52. The Kier molecular flexibility index (Phi) is 4.96. The summed E-state index contributed by atoms with van der Waals surface area (Å²) in [4.78, 5) is 25.4. The second-order valence-electron chi connectivity index (χ2n) is 6.04. The minimum absolute atomic E-state index is 0.00243. The topological polar surface area (TPSA) is 83.6 Å². The molecule has 0 aromatic rings. The maximum atomic E-state index is 12.3. The van der Waals surface area contributed by atoms with Crippen LogP contribution in [0.4, 0.5) is 0 Å². The minimum atomic E-state index is -0.815. The SMILES string of the molecule is CCC(C)[C@H](N)C(=O)N1CCC(C(=O)O)(C(C)C)C1. The second kappa shape index (κ2) is 5.90. The molecule has 1 aliphatic heterocycles. The second-order valence-corrected chi connectivity index (χ2v) is 6.04. The lowest BCUT2D eigenvalue weighted by atomic mass is 9.76. The Hall–Kier alpha value is -1.10. The van der Waals surface area contributed by atoms with Gasteiger partial charge in [0.15, 0.2) is 0 Å². The molecule has 0 spiro atoms. The Morgan fingerprint density at radius 3 is 2.32 bits per heavy atom. The van der Waals surface area contributed by atoms with Crippen molar-refractivity contribution in [3.8, 4) is 0 Å². The van der Waals surface area contributed by atoms with Gasteiger partial charge in [0.25, 0.3) is 0 Å². The van der Waals surface area contributed by atoms with Crippen LogP contribution in [-0.2, 0) is 9.59 Å². The molecule has 1 amide bonds. The first-order chi connectivity index (χ1) is 8.76. The van der Waals surface area contributed by atoms with E-state index in [-0.39, 0.29) is 24.3 Å². The molecule has 0 aliphatic carbocycles. The molecule has 1 heterocycles. The molecule has 0 bridgehead atoms. The fourth-order valence-corrected chi connectivity index (χ4v) is 2.62. The van der Waals surface area contributed by atoms with Crippen molar-refractivity contribution in [1.29, 1.82) is 0 Å². The van der Waals surface area contributed by atoms with Crippen molar-refractivity contribution in [2.75, 3.05) is 13.1 Å². The highest BCUT2D eigenvalue weighted by Gasteiger charge is 2.49. The van der Waals surface area contributed by atoms with E-state index in [1.165, 1.54) is 0 Å². The molecule has 0 saturated carbocycles. The number of aliphatic carboxylic acids is 1. The zero-order valence-corrected chi connectivity index (χ0v) is 12.3. The maximum absolute atomic E-state index is 12.3. The van der Waals surface area contributed by atoms with Gasteiger partial charge in [0.05, 0.1) is 11.5 Å². The van der Waals surface area contributed by atoms with Crippen molar-refractivity contribution in [3.63, 3.8) is 0 Å². The van der Waals surface area contributed by atoms with Crippen molar-refractivity contribution >= 4 is 11.9 Å². The molecule has 1 saturated heterocycles. The van der Waals surface area contributed by atoms with Gasteiger partial charge in [-0.25, -0.2) is 0 Å². The van der Waals surface area contributed by atoms with Crippen LogP contribution in [0.3, 0.4) is 0 Å². The molecule has 2 unspecified atom stereocenters. The van der Waals surface area contributed by atoms with Crippen LogP contribution in [0, 0.1) is 17.3 Å². The Labute approximate surface area is 115 Å². The average molecular weight is 270 g/mol. The van der Waals surface area contributed by atoms with E-state index in [4.69, 9.17) is 5.73 Å². The summed E-state index contributed by atoms with van der Waals surface area (Å²) >= 11 is 0. The third kappa shape index (κ3) is 2.91. The molecule has 0 aromatic heterocycles. The normalized spacial score (nSPS) is 26.5. The van der Waals surface area contributed by atoms with E-state index in [2.05, 4.69) is 0 Å². The lowest BCUT2D eigenvalue weighted by Crippen LogP contribution is -2.48. The number of rotatable bonds is 5. The van der Waals surface area contributed by atoms with Crippen LogP contribution in [0.15, 0.2) is 0 Å². The first-order valence-electron chi connectivity index (χ1n) is 7.04. The highest BCUT2D eigenvalue weighted by molar-refractivity contribution is 5.84. The Morgan fingerprint density at radius 2 is 1.95 bits per heavy atom. The van der Waals surface area contributed by atoms with Crippen LogP contribution in [-0.4, -0.2) is 41.0 Å². The largest absolute Gasteiger partial charge is 0.481 e. The monoisotopic (exact) mass is 270 g/mol.